The molecule has 1 aliphatic heterocycles. The lowest BCUT2D eigenvalue weighted by molar-refractivity contribution is -0.142. The number of aryl methyl sites for hydroxylation is 1. The summed E-state index contributed by atoms with van der Waals surface area (Å²) in [5.41, 5.74) is 21.9. The molecule has 0 aromatic heterocycles. The zero-order chi connectivity index (χ0) is 43.9. The number of carbonyl (C=O) groups is 5. The Morgan fingerprint density at radius 1 is 0.917 bits per heavy atom. The molecule has 13 nitrogen and oxygen atoms in total. The maximum absolute atomic E-state index is 14.6. The highest BCUT2D eigenvalue weighted by molar-refractivity contribution is 6.01. The second-order valence-electron chi connectivity index (χ2n) is 15.5. The van der Waals surface area contributed by atoms with E-state index in [2.05, 4.69) is 17.2 Å². The summed E-state index contributed by atoms with van der Waals surface area (Å²) in [6.07, 6.45) is -0.239. The molecule has 60 heavy (non-hydrogen) atoms. The minimum Gasteiger partial charge on any atom is -0.492 e. The number of nitriles is 1. The van der Waals surface area contributed by atoms with Crippen LogP contribution in [0.15, 0.2) is 54.6 Å². The second kappa shape index (κ2) is 22.5. The van der Waals surface area contributed by atoms with Crippen molar-refractivity contribution in [3.8, 4) is 40.5 Å². The van der Waals surface area contributed by atoms with E-state index in [1.165, 1.54) is 11.9 Å². The molecule has 7 N–H and O–H groups in total. The van der Waals surface area contributed by atoms with Gasteiger partial charge in [0.05, 0.1) is 12.1 Å². The van der Waals surface area contributed by atoms with Crippen LogP contribution >= 0.6 is 0 Å². The number of nitrogens with one attached hydrogen (secondary N) is 1. The molecule has 0 unspecified atom stereocenters. The number of Topliss-reactive ketones (excluding diaryl/α,β-unsaturated/α-hetero) is 3. The molecule has 318 valence electrons. The van der Waals surface area contributed by atoms with Gasteiger partial charge in [0.2, 0.25) is 11.8 Å². The number of ether oxygens (including phenoxy) is 2. The number of likely N-dealkylation sites (N-methyl/N-ethyl adjacent to an activating group) is 1. The van der Waals surface area contributed by atoms with Gasteiger partial charge in [0.15, 0.2) is 17.3 Å². The molecule has 4 atom stereocenters. The van der Waals surface area contributed by atoms with Gasteiger partial charge in [0.1, 0.15) is 30.8 Å². The lowest BCUT2D eigenvalue weighted by Gasteiger charge is -2.32. The maximum atomic E-state index is 14.6. The highest BCUT2D eigenvalue weighted by atomic mass is 16.5. The molecule has 3 aromatic carbocycles. The number of nitrogens with two attached hydrogens (primary N) is 3. The van der Waals surface area contributed by atoms with Crippen molar-refractivity contribution < 1.29 is 33.4 Å². The van der Waals surface area contributed by atoms with Gasteiger partial charge in [-0.05, 0) is 85.5 Å². The van der Waals surface area contributed by atoms with Gasteiger partial charge in [-0.1, -0.05) is 44.7 Å². The highest BCUT2D eigenvalue weighted by Gasteiger charge is 2.36. The fourth-order valence-electron chi connectivity index (χ4n) is 7.26. The van der Waals surface area contributed by atoms with E-state index in [0.717, 1.165) is 11.1 Å². The SMILES string of the molecule is Cc1cc(C#CC(C)C)ccc1C(=O)C[C@@H](CCN)C(=O)N(C)[C@@H]1C(=O)C[C@@H](C)C(=O)N[C@H](C(=O)CCC#N)Cc2ccc(OCCN)c(c2)-c2cc1ccc2OCCN. The predicted molar refractivity (Wildman–Crippen MR) is 230 cm³/mol. The van der Waals surface area contributed by atoms with Crippen molar-refractivity contribution in [1.82, 2.24) is 10.2 Å². The van der Waals surface area contributed by atoms with E-state index < -0.39 is 41.5 Å². The first-order valence-corrected chi connectivity index (χ1v) is 20.5. The maximum Gasteiger partial charge on any atom is 0.226 e. The van der Waals surface area contributed by atoms with E-state index >= 15 is 0 Å². The molecule has 1 aliphatic rings. The number of carbonyl (C=O) groups excluding carboxylic acids is 5. The van der Waals surface area contributed by atoms with E-state index in [0.29, 0.717) is 39.3 Å². The molecule has 0 spiro atoms. The summed E-state index contributed by atoms with van der Waals surface area (Å²) in [5.74, 6) is 3.53. The van der Waals surface area contributed by atoms with Gasteiger partial charge in [-0.25, -0.2) is 0 Å². The van der Waals surface area contributed by atoms with Crippen molar-refractivity contribution in [2.45, 2.75) is 78.3 Å². The first kappa shape index (κ1) is 46.8. The topological polar surface area (TPSA) is 221 Å². The van der Waals surface area contributed by atoms with E-state index in [9.17, 15) is 29.2 Å². The van der Waals surface area contributed by atoms with Gasteiger partial charge in [0, 0.05) is 85.8 Å². The van der Waals surface area contributed by atoms with Crippen molar-refractivity contribution in [2.75, 3.05) is 39.9 Å². The molecule has 0 fully saturated rings. The molecule has 2 amide bonds. The summed E-state index contributed by atoms with van der Waals surface area (Å²) in [6.45, 7) is 8.33. The molecule has 0 radical (unpaired) electrons. The van der Waals surface area contributed by atoms with Gasteiger partial charge >= 0.3 is 0 Å². The van der Waals surface area contributed by atoms with E-state index in [-0.39, 0.29) is 88.9 Å². The van der Waals surface area contributed by atoms with E-state index in [4.69, 9.17) is 26.7 Å². The Balaban J connectivity index is 1.85. The monoisotopic (exact) mass is 818 g/mol. The minimum absolute atomic E-state index is 0.0245. The third-order valence-corrected chi connectivity index (χ3v) is 10.4. The molecule has 0 saturated carbocycles. The lowest BCUT2D eigenvalue weighted by atomic mass is 9.88. The smallest absolute Gasteiger partial charge is 0.226 e. The number of hydrogen-bond donors (Lipinski definition) is 4. The van der Waals surface area contributed by atoms with Crippen LogP contribution in [0.1, 0.15) is 91.5 Å². The average Bonchev–Trinajstić information content (AvgIpc) is 3.22. The number of nitrogens with zero attached hydrogens (tertiary/aromatic N) is 2. The quantitative estimate of drug-likeness (QED) is 0.116. The number of benzene rings is 3. The molecule has 3 aromatic rings. The summed E-state index contributed by atoms with van der Waals surface area (Å²) < 4.78 is 12.2. The fourth-order valence-corrected chi connectivity index (χ4v) is 7.26. The summed E-state index contributed by atoms with van der Waals surface area (Å²) >= 11 is 0. The molecule has 1 heterocycles. The number of amides is 2. The molecular weight excluding hydrogens is 761 g/mol. The summed E-state index contributed by atoms with van der Waals surface area (Å²) in [6, 6.07) is 15.7. The largest absolute Gasteiger partial charge is 0.492 e. The zero-order valence-corrected chi connectivity index (χ0v) is 35.3. The first-order valence-electron chi connectivity index (χ1n) is 20.5. The van der Waals surface area contributed by atoms with E-state index in [1.807, 2.05) is 39.0 Å². The van der Waals surface area contributed by atoms with Crippen LogP contribution in [0.5, 0.6) is 11.5 Å². The van der Waals surface area contributed by atoms with Crippen molar-refractivity contribution in [2.24, 2.45) is 35.0 Å². The van der Waals surface area contributed by atoms with Gasteiger partial charge in [0.25, 0.3) is 0 Å². The summed E-state index contributed by atoms with van der Waals surface area (Å²) in [5, 5.41) is 12.0. The van der Waals surface area contributed by atoms with Gasteiger partial charge in [-0.3, -0.25) is 24.0 Å². The van der Waals surface area contributed by atoms with Crippen LogP contribution in [0.4, 0.5) is 0 Å². The summed E-state index contributed by atoms with van der Waals surface area (Å²) in [4.78, 5) is 71.6. The molecule has 4 bridgehead atoms. The highest BCUT2D eigenvalue weighted by Crippen LogP contribution is 2.41. The molecule has 13 heteroatoms. The normalized spacial score (nSPS) is 17.0. The summed E-state index contributed by atoms with van der Waals surface area (Å²) in [7, 11) is 1.51. The molecule has 0 aliphatic carbocycles. The van der Waals surface area contributed by atoms with Crippen LogP contribution in [0.2, 0.25) is 0 Å². The van der Waals surface area contributed by atoms with Crippen LogP contribution in [-0.4, -0.2) is 80.0 Å². The number of fused-ring (bicyclic) bond motifs is 5. The Labute approximate surface area is 353 Å². The fraction of sp³-hybridized carbons (Fsp3) is 0.447. The average molecular weight is 819 g/mol. The second-order valence-corrected chi connectivity index (χ2v) is 15.5. The third-order valence-electron chi connectivity index (χ3n) is 10.4. The number of hydrogen-bond acceptors (Lipinski definition) is 11. The minimum atomic E-state index is -1.21. The molecule has 4 rings (SSSR count). The predicted octanol–water partition coefficient (Wildman–Crippen LogP) is 4.59. The molecule has 0 saturated heterocycles. The Morgan fingerprint density at radius 3 is 2.20 bits per heavy atom. The first-order chi connectivity index (χ1) is 28.7. The van der Waals surface area contributed by atoms with Crippen molar-refractivity contribution in [3.63, 3.8) is 0 Å². The number of ketones is 3. The van der Waals surface area contributed by atoms with Crippen LogP contribution in [0, 0.1) is 47.8 Å². The third kappa shape index (κ3) is 12.3. The van der Waals surface area contributed by atoms with Crippen LogP contribution in [-0.2, 0) is 25.6 Å². The number of rotatable bonds is 16. The Morgan fingerprint density at radius 2 is 1.58 bits per heavy atom. The zero-order valence-electron chi connectivity index (χ0n) is 35.3. The Kier molecular flexibility index (Phi) is 17.6. The van der Waals surface area contributed by atoms with Crippen molar-refractivity contribution in [3.05, 3.63) is 82.4 Å². The van der Waals surface area contributed by atoms with E-state index in [1.54, 1.807) is 49.4 Å². The van der Waals surface area contributed by atoms with Crippen LogP contribution < -0.4 is 32.0 Å². The van der Waals surface area contributed by atoms with Crippen LogP contribution in [0.25, 0.3) is 11.1 Å². The van der Waals surface area contributed by atoms with Gasteiger partial charge < -0.3 is 36.9 Å². The molecular formula is C47H58N6O7. The standard InChI is InChI=1S/C47H58N6O7/c1-29(2)8-9-32-10-13-36(30(3)23-32)41(55)28-35(16-18-49)47(58)53(5)45-34-12-15-44(60-22-20-51)38(27-34)37-25-33(11-14-43(37)59-21-19-50)26-39(40(54)7-6-17-48)52-46(57)31(4)24-42(45)56/h10-15,23,25,27,29,31,35,39,45H,6-7,16,18-22,24,26,28,49-51H2,1-5H3,(H,52,57)/t31-,35-,39+,45+/m1/s1. The van der Waals surface area contributed by atoms with Gasteiger partial charge in [-0.15, -0.1) is 0 Å². The Bertz CT molecular complexity index is 2150. The van der Waals surface area contributed by atoms with Crippen LogP contribution in [0.3, 0.4) is 0 Å². The van der Waals surface area contributed by atoms with Gasteiger partial charge in [-0.2, -0.15) is 5.26 Å². The van der Waals surface area contributed by atoms with Crippen molar-refractivity contribution in [1.29, 1.82) is 5.26 Å². The Hall–Kier alpha value is -5.86. The lowest BCUT2D eigenvalue weighted by Crippen LogP contribution is -2.46. The van der Waals surface area contributed by atoms with Crippen molar-refractivity contribution >= 4 is 29.2 Å².